The van der Waals surface area contributed by atoms with E-state index in [-0.39, 0.29) is 0 Å². The molecule has 0 radical (unpaired) electrons. The van der Waals surface area contributed by atoms with Gasteiger partial charge in [0.15, 0.2) is 0 Å². The first kappa shape index (κ1) is 9.54. The molecule has 0 aliphatic heterocycles. The van der Waals surface area contributed by atoms with Gasteiger partial charge < -0.3 is 0 Å². The van der Waals surface area contributed by atoms with E-state index >= 15 is 0 Å². The summed E-state index contributed by atoms with van der Waals surface area (Å²) in [6, 6.07) is 6.24. The molecule has 0 aromatic heterocycles. The molecule has 0 spiro atoms. The molecule has 0 heterocycles. The van der Waals surface area contributed by atoms with Crippen LogP contribution in [-0.4, -0.2) is 0 Å². The standard InChI is InChI=1S/C13H13Cl/c1-10-7-8-12(9-13(10)14)11-5-3-2-4-6-11/h3,5-9H,2,4H2,1H3. The Morgan fingerprint density at radius 2 is 2.07 bits per heavy atom. The van der Waals surface area contributed by atoms with Crippen molar-refractivity contribution in [1.29, 1.82) is 0 Å². The van der Waals surface area contributed by atoms with Gasteiger partial charge in [-0.25, -0.2) is 0 Å². The predicted molar refractivity (Wildman–Crippen MR) is 62.5 cm³/mol. The van der Waals surface area contributed by atoms with Crippen molar-refractivity contribution in [3.05, 3.63) is 52.6 Å². The lowest BCUT2D eigenvalue weighted by Gasteiger charge is -2.08. The van der Waals surface area contributed by atoms with Crippen molar-refractivity contribution in [3.8, 4) is 0 Å². The SMILES string of the molecule is Cc1ccc(C2=CCCC=C2)cc1Cl. The third-order valence-corrected chi connectivity index (χ3v) is 2.91. The van der Waals surface area contributed by atoms with E-state index in [1.54, 1.807) is 0 Å². The van der Waals surface area contributed by atoms with Crippen LogP contribution in [0.4, 0.5) is 0 Å². The van der Waals surface area contributed by atoms with Gasteiger partial charge in [0, 0.05) is 5.02 Å². The lowest BCUT2D eigenvalue weighted by Crippen LogP contribution is -1.86. The molecule has 1 aliphatic carbocycles. The molecule has 1 heteroatoms. The van der Waals surface area contributed by atoms with Crippen LogP contribution in [0.3, 0.4) is 0 Å². The fraction of sp³-hybridized carbons (Fsp3) is 0.231. The molecule has 1 aromatic rings. The van der Waals surface area contributed by atoms with Crippen LogP contribution in [-0.2, 0) is 0 Å². The Labute approximate surface area is 89.9 Å². The quantitative estimate of drug-likeness (QED) is 0.637. The maximum atomic E-state index is 6.08. The van der Waals surface area contributed by atoms with E-state index in [4.69, 9.17) is 11.6 Å². The van der Waals surface area contributed by atoms with Crippen LogP contribution in [0.5, 0.6) is 0 Å². The van der Waals surface area contributed by atoms with Gasteiger partial charge in [0.25, 0.3) is 0 Å². The zero-order chi connectivity index (χ0) is 9.97. The molecule has 14 heavy (non-hydrogen) atoms. The van der Waals surface area contributed by atoms with E-state index < -0.39 is 0 Å². The van der Waals surface area contributed by atoms with E-state index in [0.29, 0.717) is 0 Å². The molecule has 0 saturated heterocycles. The molecule has 0 nitrogen and oxygen atoms in total. The molecule has 1 aromatic carbocycles. The summed E-state index contributed by atoms with van der Waals surface area (Å²) in [6.07, 6.45) is 8.94. The molecular weight excluding hydrogens is 192 g/mol. The van der Waals surface area contributed by atoms with Gasteiger partial charge in [-0.1, -0.05) is 42.0 Å². The van der Waals surface area contributed by atoms with Crippen LogP contribution >= 0.6 is 11.6 Å². The molecule has 1 aliphatic rings. The highest BCUT2D eigenvalue weighted by Gasteiger charge is 2.02. The molecule has 0 N–H and O–H groups in total. The largest absolute Gasteiger partial charge is 0.0840 e. The minimum Gasteiger partial charge on any atom is -0.0840 e. The van der Waals surface area contributed by atoms with Crippen LogP contribution in [0.15, 0.2) is 36.4 Å². The van der Waals surface area contributed by atoms with Gasteiger partial charge in [-0.05, 0) is 42.5 Å². The van der Waals surface area contributed by atoms with Crippen LogP contribution in [0, 0.1) is 6.92 Å². The average molecular weight is 205 g/mol. The first-order chi connectivity index (χ1) is 6.77. The summed E-state index contributed by atoms with van der Waals surface area (Å²) in [5, 5.41) is 0.849. The fourth-order valence-corrected chi connectivity index (χ4v) is 1.78. The molecule has 2 rings (SSSR count). The van der Waals surface area contributed by atoms with E-state index in [1.807, 2.05) is 13.0 Å². The lowest BCUT2D eigenvalue weighted by molar-refractivity contribution is 1.04. The first-order valence-electron chi connectivity index (χ1n) is 4.90. The summed E-state index contributed by atoms with van der Waals surface area (Å²) >= 11 is 6.08. The van der Waals surface area contributed by atoms with E-state index in [0.717, 1.165) is 23.4 Å². The number of hydrogen-bond donors (Lipinski definition) is 0. The molecule has 72 valence electrons. The predicted octanol–water partition coefficient (Wildman–Crippen LogP) is 4.38. The highest BCUT2D eigenvalue weighted by Crippen LogP contribution is 2.25. The summed E-state index contributed by atoms with van der Waals surface area (Å²) in [5.74, 6) is 0. The molecular formula is C13H13Cl. The van der Waals surface area contributed by atoms with Gasteiger partial charge in [0.1, 0.15) is 0 Å². The van der Waals surface area contributed by atoms with Crippen LogP contribution in [0.1, 0.15) is 24.0 Å². The summed E-state index contributed by atoms with van der Waals surface area (Å²) < 4.78 is 0. The van der Waals surface area contributed by atoms with Gasteiger partial charge in [-0.15, -0.1) is 0 Å². The Morgan fingerprint density at radius 1 is 1.21 bits per heavy atom. The molecule has 0 unspecified atom stereocenters. The monoisotopic (exact) mass is 204 g/mol. The Morgan fingerprint density at radius 3 is 2.71 bits per heavy atom. The van der Waals surface area contributed by atoms with Gasteiger partial charge in [-0.3, -0.25) is 0 Å². The molecule has 0 atom stereocenters. The maximum absolute atomic E-state index is 6.08. The van der Waals surface area contributed by atoms with Crippen molar-refractivity contribution in [2.24, 2.45) is 0 Å². The zero-order valence-corrected chi connectivity index (χ0v) is 9.01. The Balaban J connectivity index is 2.37. The smallest absolute Gasteiger partial charge is 0.0441 e. The number of rotatable bonds is 1. The summed E-state index contributed by atoms with van der Waals surface area (Å²) in [6.45, 7) is 2.03. The van der Waals surface area contributed by atoms with Crippen molar-refractivity contribution in [3.63, 3.8) is 0 Å². The minimum atomic E-state index is 0.849. The second-order valence-electron chi connectivity index (χ2n) is 3.60. The minimum absolute atomic E-state index is 0.849. The third-order valence-electron chi connectivity index (χ3n) is 2.50. The van der Waals surface area contributed by atoms with Crippen LogP contribution in [0.2, 0.25) is 5.02 Å². The summed E-state index contributed by atoms with van der Waals surface area (Å²) in [5.41, 5.74) is 3.64. The Hall–Kier alpha value is -1.01. The van der Waals surface area contributed by atoms with Crippen molar-refractivity contribution in [2.75, 3.05) is 0 Å². The van der Waals surface area contributed by atoms with Crippen molar-refractivity contribution in [1.82, 2.24) is 0 Å². The van der Waals surface area contributed by atoms with Crippen LogP contribution in [0.25, 0.3) is 5.57 Å². The van der Waals surface area contributed by atoms with Crippen molar-refractivity contribution < 1.29 is 0 Å². The molecule has 0 fully saturated rings. The van der Waals surface area contributed by atoms with Gasteiger partial charge >= 0.3 is 0 Å². The molecule has 0 bridgehead atoms. The van der Waals surface area contributed by atoms with Crippen molar-refractivity contribution in [2.45, 2.75) is 19.8 Å². The number of hydrogen-bond acceptors (Lipinski definition) is 0. The topological polar surface area (TPSA) is 0 Å². The van der Waals surface area contributed by atoms with E-state index in [1.165, 1.54) is 11.1 Å². The summed E-state index contributed by atoms with van der Waals surface area (Å²) in [7, 11) is 0. The fourth-order valence-electron chi connectivity index (χ4n) is 1.60. The van der Waals surface area contributed by atoms with Gasteiger partial charge in [-0.2, -0.15) is 0 Å². The highest BCUT2D eigenvalue weighted by molar-refractivity contribution is 6.31. The Kier molecular flexibility index (Phi) is 2.74. The zero-order valence-electron chi connectivity index (χ0n) is 8.26. The maximum Gasteiger partial charge on any atom is 0.0441 e. The number of aryl methyl sites for hydroxylation is 1. The normalized spacial score (nSPS) is 15.4. The van der Waals surface area contributed by atoms with E-state index in [9.17, 15) is 0 Å². The van der Waals surface area contributed by atoms with E-state index in [2.05, 4.69) is 30.4 Å². The lowest BCUT2D eigenvalue weighted by atomic mass is 9.99. The number of halogens is 1. The van der Waals surface area contributed by atoms with Crippen molar-refractivity contribution >= 4 is 17.2 Å². The van der Waals surface area contributed by atoms with Gasteiger partial charge in [0.05, 0.1) is 0 Å². The summed E-state index contributed by atoms with van der Waals surface area (Å²) in [4.78, 5) is 0. The average Bonchev–Trinajstić information content (AvgIpc) is 2.23. The van der Waals surface area contributed by atoms with Gasteiger partial charge in [0.2, 0.25) is 0 Å². The highest BCUT2D eigenvalue weighted by atomic mass is 35.5. The second-order valence-corrected chi connectivity index (χ2v) is 4.01. The number of allylic oxidation sites excluding steroid dienone is 4. The molecule has 0 amide bonds. The molecule has 0 saturated carbocycles. The first-order valence-corrected chi connectivity index (χ1v) is 5.28. The van der Waals surface area contributed by atoms with Crippen LogP contribution < -0.4 is 0 Å². The third kappa shape index (κ3) is 1.91. The Bertz CT molecular complexity index is 400. The second kappa shape index (κ2) is 4.02. The number of benzene rings is 1.